The van der Waals surface area contributed by atoms with Crippen LogP contribution in [0.4, 0.5) is 0 Å². The lowest BCUT2D eigenvalue weighted by Crippen LogP contribution is -2.23. The maximum Gasteiger partial charge on any atom is 0.355 e. The number of rotatable bonds is 5. The molecule has 0 spiro atoms. The summed E-state index contributed by atoms with van der Waals surface area (Å²) in [6.45, 7) is 1.22. The van der Waals surface area contributed by atoms with Crippen molar-refractivity contribution in [2.24, 2.45) is 7.05 Å². The SMILES string of the molecule is Cn1nc(CCOC2CCCCO2)c(Br)c1C(=O)O. The van der Waals surface area contributed by atoms with Gasteiger partial charge in [0.05, 0.1) is 16.8 Å². The molecule has 106 valence electrons. The van der Waals surface area contributed by atoms with E-state index in [-0.39, 0.29) is 12.0 Å². The third kappa shape index (κ3) is 3.55. The van der Waals surface area contributed by atoms with Crippen molar-refractivity contribution in [3.63, 3.8) is 0 Å². The van der Waals surface area contributed by atoms with Crippen molar-refractivity contribution in [3.8, 4) is 0 Å². The maximum atomic E-state index is 11.0. The zero-order valence-corrected chi connectivity index (χ0v) is 12.4. The molecule has 2 heterocycles. The summed E-state index contributed by atoms with van der Waals surface area (Å²) in [7, 11) is 1.61. The molecule has 1 fully saturated rings. The van der Waals surface area contributed by atoms with Crippen LogP contribution in [0, 0.1) is 0 Å². The molecule has 1 aromatic rings. The molecule has 6 nitrogen and oxygen atoms in total. The minimum atomic E-state index is -0.996. The first-order valence-electron chi connectivity index (χ1n) is 6.27. The van der Waals surface area contributed by atoms with Crippen molar-refractivity contribution in [2.45, 2.75) is 32.0 Å². The number of nitrogens with zero attached hydrogens (tertiary/aromatic N) is 2. The van der Waals surface area contributed by atoms with E-state index in [0.29, 0.717) is 23.2 Å². The largest absolute Gasteiger partial charge is 0.476 e. The van der Waals surface area contributed by atoms with Gasteiger partial charge in [-0.3, -0.25) is 4.68 Å². The number of ether oxygens (including phenoxy) is 2. The van der Waals surface area contributed by atoms with Crippen molar-refractivity contribution >= 4 is 21.9 Å². The number of aryl methyl sites for hydroxylation is 1. The van der Waals surface area contributed by atoms with Crippen LogP contribution in [0.3, 0.4) is 0 Å². The molecule has 0 radical (unpaired) electrons. The van der Waals surface area contributed by atoms with E-state index in [9.17, 15) is 4.79 Å². The number of aromatic carboxylic acids is 1. The zero-order chi connectivity index (χ0) is 13.8. The van der Waals surface area contributed by atoms with Crippen LogP contribution < -0.4 is 0 Å². The van der Waals surface area contributed by atoms with E-state index in [4.69, 9.17) is 14.6 Å². The lowest BCUT2D eigenvalue weighted by molar-refractivity contribution is -0.161. The topological polar surface area (TPSA) is 73.6 Å². The standard InChI is InChI=1S/C12H17BrN2O4/c1-15-11(12(16)17)10(13)8(14-15)5-7-19-9-4-2-3-6-18-9/h9H,2-7H2,1H3,(H,16,17). The normalized spacial score (nSPS) is 19.6. The van der Waals surface area contributed by atoms with E-state index >= 15 is 0 Å². The van der Waals surface area contributed by atoms with Crippen LogP contribution in [-0.2, 0) is 22.9 Å². The molecular formula is C12H17BrN2O4. The summed E-state index contributed by atoms with van der Waals surface area (Å²) in [6.07, 6.45) is 3.57. The van der Waals surface area contributed by atoms with E-state index in [2.05, 4.69) is 21.0 Å². The van der Waals surface area contributed by atoms with Crippen molar-refractivity contribution in [2.75, 3.05) is 13.2 Å². The lowest BCUT2D eigenvalue weighted by Gasteiger charge is -2.22. The Bertz CT molecular complexity index is 455. The number of hydrogen-bond acceptors (Lipinski definition) is 4. The molecule has 0 saturated carbocycles. The molecule has 0 aromatic carbocycles. The Balaban J connectivity index is 1.89. The molecule has 1 N–H and O–H groups in total. The minimum Gasteiger partial charge on any atom is -0.476 e. The Morgan fingerprint density at radius 2 is 2.42 bits per heavy atom. The summed E-state index contributed by atoms with van der Waals surface area (Å²) in [5.74, 6) is -0.996. The highest BCUT2D eigenvalue weighted by molar-refractivity contribution is 9.10. The van der Waals surface area contributed by atoms with Crippen LogP contribution in [0.5, 0.6) is 0 Å². The summed E-state index contributed by atoms with van der Waals surface area (Å²) in [5, 5.41) is 13.2. The summed E-state index contributed by atoms with van der Waals surface area (Å²) in [6, 6.07) is 0. The number of carbonyl (C=O) groups is 1. The minimum absolute atomic E-state index is 0.129. The van der Waals surface area contributed by atoms with Gasteiger partial charge in [0.25, 0.3) is 0 Å². The summed E-state index contributed by atoms with van der Waals surface area (Å²) < 4.78 is 13.0. The first kappa shape index (κ1) is 14.5. The molecule has 1 atom stereocenters. The van der Waals surface area contributed by atoms with Gasteiger partial charge in [0.15, 0.2) is 12.0 Å². The van der Waals surface area contributed by atoms with Gasteiger partial charge in [-0.15, -0.1) is 0 Å². The fourth-order valence-corrected chi connectivity index (χ4v) is 2.78. The Hall–Kier alpha value is -0.920. The molecule has 1 unspecified atom stereocenters. The predicted octanol–water partition coefficient (Wildman–Crippen LogP) is 1.97. The van der Waals surface area contributed by atoms with Crippen LogP contribution in [0.2, 0.25) is 0 Å². The molecule has 7 heteroatoms. The Labute approximate surface area is 119 Å². The van der Waals surface area contributed by atoms with Gasteiger partial charge in [-0.2, -0.15) is 5.10 Å². The second-order valence-corrected chi connectivity index (χ2v) is 5.25. The molecule has 2 rings (SSSR count). The summed E-state index contributed by atoms with van der Waals surface area (Å²) in [5.41, 5.74) is 0.847. The highest BCUT2D eigenvalue weighted by Gasteiger charge is 2.20. The molecule has 19 heavy (non-hydrogen) atoms. The average molecular weight is 333 g/mol. The van der Waals surface area contributed by atoms with Gasteiger partial charge in [0.1, 0.15) is 0 Å². The number of carboxylic acid groups (broad SMARTS) is 1. The first-order chi connectivity index (χ1) is 9.09. The highest BCUT2D eigenvalue weighted by Crippen LogP contribution is 2.22. The fraction of sp³-hybridized carbons (Fsp3) is 0.667. The predicted molar refractivity (Wildman–Crippen MR) is 71.1 cm³/mol. The van der Waals surface area contributed by atoms with Crippen LogP contribution >= 0.6 is 15.9 Å². The second kappa shape index (κ2) is 6.49. The van der Waals surface area contributed by atoms with Gasteiger partial charge in [0, 0.05) is 20.1 Å². The van der Waals surface area contributed by atoms with Gasteiger partial charge < -0.3 is 14.6 Å². The van der Waals surface area contributed by atoms with Crippen molar-refractivity contribution in [1.82, 2.24) is 9.78 Å². The molecule has 0 bridgehead atoms. The van der Waals surface area contributed by atoms with Gasteiger partial charge in [-0.1, -0.05) is 0 Å². The zero-order valence-electron chi connectivity index (χ0n) is 10.8. The van der Waals surface area contributed by atoms with E-state index in [1.165, 1.54) is 4.68 Å². The molecule has 1 aromatic heterocycles. The third-order valence-corrected chi connectivity index (χ3v) is 3.87. The monoisotopic (exact) mass is 332 g/mol. The molecule has 0 aliphatic carbocycles. The van der Waals surface area contributed by atoms with Gasteiger partial charge in [-0.25, -0.2) is 4.79 Å². The third-order valence-electron chi connectivity index (χ3n) is 3.04. The van der Waals surface area contributed by atoms with Crippen LogP contribution in [0.25, 0.3) is 0 Å². The number of halogens is 1. The van der Waals surface area contributed by atoms with E-state index in [1.807, 2.05) is 0 Å². The quantitative estimate of drug-likeness (QED) is 0.892. The second-order valence-electron chi connectivity index (χ2n) is 4.45. The average Bonchev–Trinajstić information content (AvgIpc) is 2.66. The number of hydrogen-bond donors (Lipinski definition) is 1. The van der Waals surface area contributed by atoms with E-state index < -0.39 is 5.97 Å². The maximum absolute atomic E-state index is 11.0. The van der Waals surface area contributed by atoms with E-state index in [1.54, 1.807) is 7.05 Å². The summed E-state index contributed by atoms with van der Waals surface area (Å²) >= 11 is 3.28. The molecule has 1 saturated heterocycles. The molecule has 1 aliphatic heterocycles. The molecule has 0 amide bonds. The van der Waals surface area contributed by atoms with Gasteiger partial charge >= 0.3 is 5.97 Å². The molecular weight excluding hydrogens is 316 g/mol. The Morgan fingerprint density at radius 1 is 1.63 bits per heavy atom. The van der Waals surface area contributed by atoms with Gasteiger partial charge in [0.2, 0.25) is 0 Å². The van der Waals surface area contributed by atoms with E-state index in [0.717, 1.165) is 25.9 Å². The van der Waals surface area contributed by atoms with Crippen molar-refractivity contribution < 1.29 is 19.4 Å². The fourth-order valence-electron chi connectivity index (χ4n) is 2.08. The van der Waals surface area contributed by atoms with Crippen LogP contribution in [-0.4, -0.2) is 40.4 Å². The first-order valence-corrected chi connectivity index (χ1v) is 7.06. The smallest absolute Gasteiger partial charge is 0.355 e. The van der Waals surface area contributed by atoms with Crippen LogP contribution in [0.1, 0.15) is 35.4 Å². The number of carboxylic acids is 1. The van der Waals surface area contributed by atoms with Gasteiger partial charge in [-0.05, 0) is 35.2 Å². The number of aromatic nitrogens is 2. The van der Waals surface area contributed by atoms with Crippen LogP contribution in [0.15, 0.2) is 4.47 Å². The Kier molecular flexibility index (Phi) is 4.95. The lowest BCUT2D eigenvalue weighted by atomic mass is 10.2. The highest BCUT2D eigenvalue weighted by atomic mass is 79.9. The van der Waals surface area contributed by atoms with Crippen molar-refractivity contribution in [3.05, 3.63) is 15.9 Å². The molecule has 1 aliphatic rings. The summed E-state index contributed by atoms with van der Waals surface area (Å²) in [4.78, 5) is 11.0. The van der Waals surface area contributed by atoms with Crippen molar-refractivity contribution in [1.29, 1.82) is 0 Å². The Morgan fingerprint density at radius 3 is 3.00 bits per heavy atom.